The Morgan fingerprint density at radius 3 is 2.77 bits per heavy atom. The summed E-state index contributed by atoms with van der Waals surface area (Å²) < 4.78 is 11.8. The topological polar surface area (TPSA) is 47.7 Å². The molecule has 0 saturated carbocycles. The lowest BCUT2D eigenvalue weighted by Gasteiger charge is -2.38. The molecular weight excluding hydrogens is 348 g/mol. The van der Waals surface area contributed by atoms with Crippen molar-refractivity contribution < 1.29 is 9.47 Å². The van der Waals surface area contributed by atoms with E-state index in [2.05, 4.69) is 29.2 Å². The number of hydrogen-bond acceptors (Lipinski definition) is 4. The first-order valence-electron chi connectivity index (χ1n) is 9.22. The van der Waals surface area contributed by atoms with E-state index in [0.717, 1.165) is 38.1 Å². The zero-order valence-corrected chi connectivity index (χ0v) is 15.8. The SMILES string of the molecule is COc1cc(Cl)cc(OC2c3ccccc3CC2N2CCC[C@H](N)C2)c1. The Labute approximate surface area is 159 Å². The number of hydrogen-bond donors (Lipinski definition) is 1. The number of methoxy groups -OCH3 is 1. The van der Waals surface area contributed by atoms with Crippen LogP contribution < -0.4 is 15.2 Å². The lowest BCUT2D eigenvalue weighted by Crippen LogP contribution is -2.49. The van der Waals surface area contributed by atoms with Crippen molar-refractivity contribution in [3.63, 3.8) is 0 Å². The molecule has 0 bridgehead atoms. The van der Waals surface area contributed by atoms with Crippen LogP contribution in [0.3, 0.4) is 0 Å². The molecule has 4 nitrogen and oxygen atoms in total. The molecule has 0 spiro atoms. The number of likely N-dealkylation sites (tertiary alicyclic amines) is 1. The fraction of sp³-hybridized carbons (Fsp3) is 0.429. The van der Waals surface area contributed by atoms with Gasteiger partial charge in [-0.1, -0.05) is 35.9 Å². The van der Waals surface area contributed by atoms with Crippen molar-refractivity contribution in [1.29, 1.82) is 0 Å². The maximum absolute atomic E-state index is 6.48. The fourth-order valence-corrected chi connectivity index (χ4v) is 4.43. The van der Waals surface area contributed by atoms with Gasteiger partial charge in [-0.15, -0.1) is 0 Å². The minimum Gasteiger partial charge on any atom is -0.497 e. The molecular formula is C21H25ClN2O2. The molecule has 1 aliphatic carbocycles. The Morgan fingerprint density at radius 2 is 1.96 bits per heavy atom. The molecule has 3 atom stereocenters. The van der Waals surface area contributed by atoms with E-state index >= 15 is 0 Å². The molecule has 0 radical (unpaired) electrons. The normalized spacial score (nSPS) is 25.7. The summed E-state index contributed by atoms with van der Waals surface area (Å²) in [5, 5.41) is 0.613. The van der Waals surface area contributed by atoms with E-state index in [4.69, 9.17) is 26.8 Å². The third-order valence-electron chi connectivity index (χ3n) is 5.44. The van der Waals surface area contributed by atoms with Crippen LogP contribution in [0.1, 0.15) is 30.1 Å². The first kappa shape index (κ1) is 17.7. The smallest absolute Gasteiger partial charge is 0.140 e. The van der Waals surface area contributed by atoms with Gasteiger partial charge in [0, 0.05) is 23.7 Å². The molecule has 26 heavy (non-hydrogen) atoms. The highest BCUT2D eigenvalue weighted by Crippen LogP contribution is 2.40. The zero-order valence-electron chi connectivity index (χ0n) is 15.0. The number of rotatable bonds is 4. The van der Waals surface area contributed by atoms with Crippen LogP contribution in [0.5, 0.6) is 11.5 Å². The van der Waals surface area contributed by atoms with Gasteiger partial charge in [0.2, 0.25) is 0 Å². The quantitative estimate of drug-likeness (QED) is 0.886. The lowest BCUT2D eigenvalue weighted by molar-refractivity contribution is 0.0592. The number of benzene rings is 2. The largest absolute Gasteiger partial charge is 0.497 e. The van der Waals surface area contributed by atoms with Crippen molar-refractivity contribution in [3.8, 4) is 11.5 Å². The predicted molar refractivity (Wildman–Crippen MR) is 104 cm³/mol. The van der Waals surface area contributed by atoms with Gasteiger partial charge in [0.15, 0.2) is 0 Å². The van der Waals surface area contributed by atoms with Crippen LogP contribution in [-0.4, -0.2) is 37.2 Å². The van der Waals surface area contributed by atoms with Crippen LogP contribution in [-0.2, 0) is 6.42 Å². The monoisotopic (exact) mass is 372 g/mol. The van der Waals surface area contributed by atoms with Crippen molar-refractivity contribution in [2.24, 2.45) is 5.73 Å². The molecule has 2 aromatic carbocycles. The molecule has 5 heteroatoms. The molecule has 1 heterocycles. The lowest BCUT2D eigenvalue weighted by atomic mass is 10.0. The van der Waals surface area contributed by atoms with Gasteiger partial charge >= 0.3 is 0 Å². The molecule has 138 valence electrons. The van der Waals surface area contributed by atoms with Crippen molar-refractivity contribution in [2.75, 3.05) is 20.2 Å². The average molecular weight is 373 g/mol. The van der Waals surface area contributed by atoms with Gasteiger partial charge in [-0.05, 0) is 49.1 Å². The van der Waals surface area contributed by atoms with E-state index in [1.165, 1.54) is 11.1 Å². The van der Waals surface area contributed by atoms with Crippen molar-refractivity contribution >= 4 is 11.6 Å². The van der Waals surface area contributed by atoms with Gasteiger partial charge in [-0.3, -0.25) is 4.90 Å². The number of nitrogens with two attached hydrogens (primary N) is 1. The maximum Gasteiger partial charge on any atom is 0.140 e. The molecule has 2 unspecified atom stereocenters. The molecule has 1 saturated heterocycles. The van der Waals surface area contributed by atoms with Crippen molar-refractivity contribution in [2.45, 2.75) is 37.5 Å². The molecule has 4 rings (SSSR count). The Kier molecular flexibility index (Phi) is 5.07. The van der Waals surface area contributed by atoms with E-state index in [9.17, 15) is 0 Å². The van der Waals surface area contributed by atoms with E-state index in [0.29, 0.717) is 16.8 Å². The van der Waals surface area contributed by atoms with Crippen LogP contribution in [0, 0.1) is 0 Å². The standard InChI is InChI=1S/C21H25ClN2O2/c1-25-17-10-15(22)11-18(12-17)26-21-19-7-3-2-5-14(19)9-20(21)24-8-4-6-16(23)13-24/h2-3,5,7,10-12,16,20-21H,4,6,8-9,13,23H2,1H3/t16-,20?,21?/m0/s1. The average Bonchev–Trinajstić information content (AvgIpc) is 3.00. The summed E-state index contributed by atoms with van der Waals surface area (Å²) in [6.07, 6.45) is 3.21. The first-order valence-corrected chi connectivity index (χ1v) is 9.60. The number of fused-ring (bicyclic) bond motifs is 1. The van der Waals surface area contributed by atoms with Crippen LogP contribution in [0.4, 0.5) is 0 Å². The van der Waals surface area contributed by atoms with Crippen molar-refractivity contribution in [1.82, 2.24) is 4.90 Å². The summed E-state index contributed by atoms with van der Waals surface area (Å²) in [4.78, 5) is 2.50. The summed E-state index contributed by atoms with van der Waals surface area (Å²) in [6, 6.07) is 14.6. The van der Waals surface area contributed by atoms with Crippen molar-refractivity contribution in [3.05, 3.63) is 58.6 Å². The minimum absolute atomic E-state index is 0.0281. The highest BCUT2D eigenvalue weighted by atomic mass is 35.5. The highest BCUT2D eigenvalue weighted by molar-refractivity contribution is 6.30. The van der Waals surface area contributed by atoms with Gasteiger partial charge in [0.1, 0.15) is 17.6 Å². The number of nitrogens with zero attached hydrogens (tertiary/aromatic N) is 1. The summed E-state index contributed by atoms with van der Waals surface area (Å²) in [7, 11) is 1.64. The molecule has 1 fully saturated rings. The second kappa shape index (κ2) is 7.47. The Balaban J connectivity index is 1.64. The first-order chi connectivity index (χ1) is 12.6. The van der Waals surface area contributed by atoms with E-state index in [-0.39, 0.29) is 12.1 Å². The van der Waals surface area contributed by atoms with Gasteiger partial charge in [-0.2, -0.15) is 0 Å². The second-order valence-corrected chi connectivity index (χ2v) is 7.67. The van der Waals surface area contributed by atoms with Gasteiger partial charge < -0.3 is 15.2 Å². The van der Waals surface area contributed by atoms with Crippen LogP contribution in [0.2, 0.25) is 5.02 Å². The fourth-order valence-electron chi connectivity index (χ4n) is 4.21. The minimum atomic E-state index is -0.0281. The Hall–Kier alpha value is -1.75. The maximum atomic E-state index is 6.48. The Morgan fingerprint density at radius 1 is 1.15 bits per heavy atom. The molecule has 0 amide bonds. The zero-order chi connectivity index (χ0) is 18.1. The van der Waals surface area contributed by atoms with Crippen LogP contribution >= 0.6 is 11.6 Å². The highest BCUT2D eigenvalue weighted by Gasteiger charge is 2.39. The number of piperidine rings is 1. The third kappa shape index (κ3) is 3.54. The predicted octanol–water partition coefficient (Wildman–Crippen LogP) is 3.82. The van der Waals surface area contributed by atoms with E-state index < -0.39 is 0 Å². The van der Waals surface area contributed by atoms with E-state index in [1.54, 1.807) is 13.2 Å². The van der Waals surface area contributed by atoms with E-state index in [1.807, 2.05) is 12.1 Å². The summed E-state index contributed by atoms with van der Waals surface area (Å²) in [5.41, 5.74) is 8.85. The number of ether oxygens (including phenoxy) is 2. The summed E-state index contributed by atoms with van der Waals surface area (Å²) >= 11 is 6.23. The van der Waals surface area contributed by atoms with Crippen LogP contribution in [0.25, 0.3) is 0 Å². The van der Waals surface area contributed by atoms with Gasteiger partial charge in [0.25, 0.3) is 0 Å². The van der Waals surface area contributed by atoms with Gasteiger partial charge in [0.05, 0.1) is 13.2 Å². The summed E-state index contributed by atoms with van der Waals surface area (Å²) in [5.74, 6) is 1.44. The number of halogens is 1. The third-order valence-corrected chi connectivity index (χ3v) is 5.66. The molecule has 2 aromatic rings. The molecule has 2 aliphatic rings. The van der Waals surface area contributed by atoms with Gasteiger partial charge in [-0.25, -0.2) is 0 Å². The second-order valence-electron chi connectivity index (χ2n) is 7.23. The molecule has 2 N–H and O–H groups in total. The van der Waals surface area contributed by atoms with Crippen LogP contribution in [0.15, 0.2) is 42.5 Å². The summed E-state index contributed by atoms with van der Waals surface area (Å²) in [6.45, 7) is 2.00. The molecule has 0 aromatic heterocycles. The Bertz CT molecular complexity index is 782. The molecule has 1 aliphatic heterocycles.